The van der Waals surface area contributed by atoms with Gasteiger partial charge >= 0.3 is 0 Å². The van der Waals surface area contributed by atoms with Gasteiger partial charge in [0.1, 0.15) is 12.2 Å². The summed E-state index contributed by atoms with van der Waals surface area (Å²) in [5.41, 5.74) is 4.00. The predicted molar refractivity (Wildman–Crippen MR) is 108 cm³/mol. The van der Waals surface area contributed by atoms with E-state index in [1.54, 1.807) is 0 Å². The molecule has 6 heteroatoms. The minimum absolute atomic E-state index is 0.196. The van der Waals surface area contributed by atoms with Crippen molar-refractivity contribution in [3.8, 4) is 0 Å². The molecule has 0 fully saturated rings. The van der Waals surface area contributed by atoms with Gasteiger partial charge in [-0.15, -0.1) is 0 Å². The molecule has 0 saturated heterocycles. The quantitative estimate of drug-likeness (QED) is 0.295. The van der Waals surface area contributed by atoms with E-state index in [0.717, 1.165) is 32.9 Å². The van der Waals surface area contributed by atoms with E-state index in [4.69, 9.17) is 5.11 Å². The number of aromatic nitrogens is 2. The summed E-state index contributed by atoms with van der Waals surface area (Å²) in [4.78, 5) is 6.54. The molecule has 4 aromatic rings. The SMILES string of the molecule is OC[C@@H](O)[C@@H](O)[C@H](O)CC(c1c[nH]c2ccccc12)c1c[nH]c2ccccc12. The zero-order chi connectivity index (χ0) is 19.7. The second-order valence-electron chi connectivity index (χ2n) is 7.18. The van der Waals surface area contributed by atoms with Crippen LogP contribution in [0.2, 0.25) is 0 Å². The lowest BCUT2D eigenvalue weighted by Crippen LogP contribution is -2.40. The number of H-pyrrole nitrogens is 2. The predicted octanol–water partition coefficient (Wildman–Crippen LogP) is 2.25. The second-order valence-corrected chi connectivity index (χ2v) is 7.18. The highest BCUT2D eigenvalue weighted by molar-refractivity contribution is 5.88. The van der Waals surface area contributed by atoms with E-state index in [1.165, 1.54) is 0 Å². The lowest BCUT2D eigenvalue weighted by Gasteiger charge is -2.26. The second kappa shape index (κ2) is 7.77. The van der Waals surface area contributed by atoms with Crippen LogP contribution >= 0.6 is 0 Å². The number of aromatic amines is 2. The van der Waals surface area contributed by atoms with Crippen LogP contribution in [0.15, 0.2) is 60.9 Å². The Bertz CT molecular complexity index is 996. The monoisotopic (exact) mass is 380 g/mol. The Morgan fingerprint density at radius 3 is 1.71 bits per heavy atom. The molecule has 0 saturated carbocycles. The third-order valence-corrected chi connectivity index (χ3v) is 5.45. The first-order valence-electron chi connectivity index (χ1n) is 9.37. The summed E-state index contributed by atoms with van der Waals surface area (Å²) in [5.74, 6) is -0.220. The lowest BCUT2D eigenvalue weighted by molar-refractivity contribution is -0.0791. The van der Waals surface area contributed by atoms with Crippen LogP contribution in [0.25, 0.3) is 21.8 Å². The van der Waals surface area contributed by atoms with E-state index in [9.17, 15) is 15.3 Å². The van der Waals surface area contributed by atoms with Crippen LogP contribution in [0.4, 0.5) is 0 Å². The first kappa shape index (κ1) is 18.7. The van der Waals surface area contributed by atoms with E-state index >= 15 is 0 Å². The average Bonchev–Trinajstić information content (AvgIpc) is 3.35. The molecule has 0 aliphatic rings. The molecular weight excluding hydrogens is 356 g/mol. The van der Waals surface area contributed by atoms with E-state index in [1.807, 2.05) is 60.9 Å². The summed E-state index contributed by atoms with van der Waals surface area (Å²) in [6, 6.07) is 15.9. The number of benzene rings is 2. The number of fused-ring (bicyclic) bond motifs is 2. The molecule has 0 unspecified atom stereocenters. The van der Waals surface area contributed by atoms with Crippen molar-refractivity contribution < 1.29 is 20.4 Å². The molecule has 0 spiro atoms. The minimum Gasteiger partial charge on any atom is -0.394 e. The van der Waals surface area contributed by atoms with Crippen molar-refractivity contribution in [2.45, 2.75) is 30.7 Å². The molecule has 4 rings (SSSR count). The zero-order valence-electron chi connectivity index (χ0n) is 15.3. The minimum atomic E-state index is -1.43. The highest BCUT2D eigenvalue weighted by Gasteiger charge is 2.30. The topological polar surface area (TPSA) is 112 Å². The molecule has 3 atom stereocenters. The summed E-state index contributed by atoms with van der Waals surface area (Å²) < 4.78 is 0. The molecule has 6 nitrogen and oxygen atoms in total. The van der Waals surface area contributed by atoms with Gasteiger partial charge in [-0.2, -0.15) is 0 Å². The van der Waals surface area contributed by atoms with Crippen molar-refractivity contribution in [3.05, 3.63) is 72.1 Å². The smallest absolute Gasteiger partial charge is 0.108 e. The summed E-state index contributed by atoms with van der Waals surface area (Å²) in [6.45, 7) is -0.608. The van der Waals surface area contributed by atoms with Gasteiger partial charge < -0.3 is 30.4 Å². The Kier molecular flexibility index (Phi) is 5.19. The third kappa shape index (κ3) is 3.31. The van der Waals surface area contributed by atoms with Crippen LogP contribution in [0, 0.1) is 0 Å². The number of rotatable bonds is 7. The molecule has 146 valence electrons. The molecule has 0 bridgehead atoms. The van der Waals surface area contributed by atoms with Gasteiger partial charge in [0.2, 0.25) is 0 Å². The molecule has 28 heavy (non-hydrogen) atoms. The fourth-order valence-electron chi connectivity index (χ4n) is 3.93. The van der Waals surface area contributed by atoms with E-state index < -0.39 is 24.9 Å². The summed E-state index contributed by atoms with van der Waals surface area (Å²) in [6.07, 6.45) is 0.0400. The van der Waals surface area contributed by atoms with Gasteiger partial charge in [-0.25, -0.2) is 0 Å². The summed E-state index contributed by atoms with van der Waals surface area (Å²) in [5, 5.41) is 41.7. The van der Waals surface area contributed by atoms with Crippen LogP contribution in [0.1, 0.15) is 23.5 Å². The standard InChI is InChI=1S/C22H24N2O4/c25-12-21(27)22(28)20(26)9-15(16-10-23-18-7-3-1-5-13(16)18)17-11-24-19-8-4-2-6-14(17)19/h1-8,10-11,15,20-28H,9,12H2/t20-,21-,22+/m1/s1. The van der Waals surface area contributed by atoms with Crippen molar-refractivity contribution in [2.24, 2.45) is 0 Å². The number of hydrogen-bond acceptors (Lipinski definition) is 4. The fraction of sp³-hybridized carbons (Fsp3) is 0.273. The van der Waals surface area contributed by atoms with Gasteiger partial charge in [-0.3, -0.25) is 0 Å². The van der Waals surface area contributed by atoms with Crippen LogP contribution in [0.3, 0.4) is 0 Å². The Balaban J connectivity index is 1.79. The molecule has 0 amide bonds. The van der Waals surface area contributed by atoms with Gasteiger partial charge in [0, 0.05) is 40.1 Å². The van der Waals surface area contributed by atoms with Crippen LogP contribution in [-0.4, -0.2) is 55.3 Å². The number of nitrogens with one attached hydrogen (secondary N) is 2. The van der Waals surface area contributed by atoms with Crippen molar-refractivity contribution in [1.29, 1.82) is 0 Å². The Labute approximate surface area is 162 Å². The molecule has 2 heterocycles. The molecule has 2 aromatic carbocycles. The molecule has 0 aliphatic heterocycles. The molecule has 6 N–H and O–H groups in total. The molecule has 0 aliphatic carbocycles. The van der Waals surface area contributed by atoms with E-state index in [2.05, 4.69) is 9.97 Å². The van der Waals surface area contributed by atoms with Crippen LogP contribution < -0.4 is 0 Å². The largest absolute Gasteiger partial charge is 0.394 e. The lowest BCUT2D eigenvalue weighted by atomic mass is 9.84. The average molecular weight is 380 g/mol. The van der Waals surface area contributed by atoms with Gasteiger partial charge in [0.15, 0.2) is 0 Å². The third-order valence-electron chi connectivity index (χ3n) is 5.45. The Morgan fingerprint density at radius 2 is 1.21 bits per heavy atom. The summed E-state index contributed by atoms with van der Waals surface area (Å²) >= 11 is 0. The van der Waals surface area contributed by atoms with E-state index in [0.29, 0.717) is 0 Å². The van der Waals surface area contributed by atoms with Gasteiger partial charge in [-0.1, -0.05) is 36.4 Å². The van der Waals surface area contributed by atoms with Crippen molar-refractivity contribution in [2.75, 3.05) is 6.61 Å². The maximum Gasteiger partial charge on any atom is 0.108 e. The van der Waals surface area contributed by atoms with E-state index in [-0.39, 0.29) is 12.3 Å². The fourth-order valence-corrected chi connectivity index (χ4v) is 3.93. The first-order chi connectivity index (χ1) is 13.6. The number of aliphatic hydroxyl groups excluding tert-OH is 4. The number of hydrogen-bond donors (Lipinski definition) is 6. The maximum absolute atomic E-state index is 10.6. The van der Waals surface area contributed by atoms with Gasteiger partial charge in [-0.05, 0) is 29.7 Å². The molecule has 0 radical (unpaired) electrons. The molecule has 2 aromatic heterocycles. The first-order valence-corrected chi connectivity index (χ1v) is 9.37. The molecular formula is C22H24N2O4. The Hall–Kier alpha value is -2.64. The van der Waals surface area contributed by atoms with Crippen LogP contribution in [-0.2, 0) is 0 Å². The highest BCUT2D eigenvalue weighted by atomic mass is 16.4. The van der Waals surface area contributed by atoms with Crippen molar-refractivity contribution in [3.63, 3.8) is 0 Å². The number of aliphatic hydroxyl groups is 4. The summed E-state index contributed by atoms with van der Waals surface area (Å²) in [7, 11) is 0. The Morgan fingerprint density at radius 1 is 0.714 bits per heavy atom. The maximum atomic E-state index is 10.6. The van der Waals surface area contributed by atoms with Crippen molar-refractivity contribution >= 4 is 21.8 Å². The normalized spacial score (nSPS) is 15.3. The highest BCUT2D eigenvalue weighted by Crippen LogP contribution is 2.38. The van der Waals surface area contributed by atoms with Gasteiger partial charge in [0.05, 0.1) is 12.7 Å². The van der Waals surface area contributed by atoms with Gasteiger partial charge in [0.25, 0.3) is 0 Å². The number of para-hydroxylation sites is 2. The van der Waals surface area contributed by atoms with Crippen LogP contribution in [0.5, 0.6) is 0 Å². The van der Waals surface area contributed by atoms with Crippen molar-refractivity contribution in [1.82, 2.24) is 9.97 Å². The zero-order valence-corrected chi connectivity index (χ0v) is 15.3.